The summed E-state index contributed by atoms with van der Waals surface area (Å²) >= 11 is 0. The molecule has 0 spiro atoms. The number of benzene rings is 2. The molecule has 1 aliphatic carbocycles. The molecule has 9 heteroatoms. The fourth-order valence-electron chi connectivity index (χ4n) is 4.73. The second kappa shape index (κ2) is 9.04. The summed E-state index contributed by atoms with van der Waals surface area (Å²) in [5.74, 6) is -6.74. The molecule has 1 fully saturated rings. The normalized spacial score (nSPS) is 19.8. The molecular weight excluding hydrogens is 446 g/mol. The maximum Gasteiger partial charge on any atom is 0.407 e. The Morgan fingerprint density at radius 2 is 1.71 bits per heavy atom. The Bertz CT molecular complexity index is 1080. The topological polar surface area (TPSA) is 95.9 Å². The van der Waals surface area contributed by atoms with E-state index >= 15 is 0 Å². The van der Waals surface area contributed by atoms with Gasteiger partial charge < -0.3 is 20.1 Å². The minimum Gasteiger partial charge on any atom is -0.481 e. The van der Waals surface area contributed by atoms with Gasteiger partial charge in [0.05, 0.1) is 12.0 Å². The number of piperidine rings is 1. The van der Waals surface area contributed by atoms with Crippen molar-refractivity contribution >= 4 is 18.0 Å². The van der Waals surface area contributed by atoms with Crippen LogP contribution < -0.4 is 5.32 Å². The van der Waals surface area contributed by atoms with E-state index in [-0.39, 0.29) is 25.6 Å². The standard InChI is InChI=1S/C25H26F2N2O5/c1-24(22(31)32)11-6-12-29(15-24)21(30)25(26,27)14-28-23(33)34-13-20-18-9-4-2-7-16(18)17-8-3-5-10-19(17)20/h2-5,7-10,20H,6,11-15H2,1H3,(H,28,33)(H,31,32). The van der Waals surface area contributed by atoms with Crippen molar-refractivity contribution in [2.24, 2.45) is 5.41 Å². The van der Waals surface area contributed by atoms with Gasteiger partial charge in [-0.05, 0) is 42.0 Å². The molecule has 2 aromatic rings. The van der Waals surface area contributed by atoms with Crippen molar-refractivity contribution in [1.82, 2.24) is 10.2 Å². The number of halogens is 2. The van der Waals surface area contributed by atoms with E-state index in [0.29, 0.717) is 12.8 Å². The van der Waals surface area contributed by atoms with Gasteiger partial charge >= 0.3 is 18.0 Å². The van der Waals surface area contributed by atoms with Gasteiger partial charge in [0.15, 0.2) is 0 Å². The number of alkyl carbamates (subject to hydrolysis) is 1. The number of ether oxygens (including phenoxy) is 1. The highest BCUT2D eigenvalue weighted by atomic mass is 19.3. The Morgan fingerprint density at radius 1 is 1.12 bits per heavy atom. The van der Waals surface area contributed by atoms with Gasteiger partial charge in [0.2, 0.25) is 0 Å². The number of rotatable bonds is 6. The first-order valence-electron chi connectivity index (χ1n) is 11.1. The lowest BCUT2D eigenvalue weighted by Crippen LogP contribution is -2.55. The molecule has 4 rings (SSSR count). The maximum absolute atomic E-state index is 14.5. The van der Waals surface area contributed by atoms with Crippen LogP contribution in [0.4, 0.5) is 13.6 Å². The summed E-state index contributed by atoms with van der Waals surface area (Å²) in [5.41, 5.74) is 2.79. The first-order chi connectivity index (χ1) is 16.1. The van der Waals surface area contributed by atoms with Crippen LogP contribution in [0.3, 0.4) is 0 Å². The van der Waals surface area contributed by atoms with Crippen LogP contribution >= 0.6 is 0 Å². The number of alkyl halides is 2. The van der Waals surface area contributed by atoms with Crippen LogP contribution in [0.15, 0.2) is 48.5 Å². The molecule has 1 saturated heterocycles. The van der Waals surface area contributed by atoms with E-state index in [1.165, 1.54) is 6.92 Å². The monoisotopic (exact) mass is 472 g/mol. The van der Waals surface area contributed by atoms with Crippen molar-refractivity contribution in [3.8, 4) is 11.1 Å². The van der Waals surface area contributed by atoms with Crippen molar-refractivity contribution in [3.05, 3.63) is 59.7 Å². The van der Waals surface area contributed by atoms with Crippen LogP contribution in [0.5, 0.6) is 0 Å². The van der Waals surface area contributed by atoms with Gasteiger partial charge in [-0.15, -0.1) is 0 Å². The zero-order valence-electron chi connectivity index (χ0n) is 18.7. The molecule has 2 N–H and O–H groups in total. The van der Waals surface area contributed by atoms with Crippen molar-refractivity contribution in [2.45, 2.75) is 31.6 Å². The van der Waals surface area contributed by atoms with Gasteiger partial charge in [0, 0.05) is 19.0 Å². The van der Waals surface area contributed by atoms with E-state index in [9.17, 15) is 28.3 Å². The van der Waals surface area contributed by atoms with Crippen LogP contribution in [-0.2, 0) is 14.3 Å². The third kappa shape index (κ3) is 4.47. The molecule has 1 aliphatic heterocycles. The average Bonchev–Trinajstić information content (AvgIpc) is 3.14. The molecule has 1 heterocycles. The minimum absolute atomic E-state index is 0.0392. The number of carbonyl (C=O) groups excluding carboxylic acids is 2. The predicted octanol–water partition coefficient (Wildman–Crippen LogP) is 3.87. The molecule has 2 amide bonds. The number of carboxylic acid groups (broad SMARTS) is 1. The van der Waals surface area contributed by atoms with Crippen LogP contribution in [0, 0.1) is 5.41 Å². The molecule has 0 bridgehead atoms. The van der Waals surface area contributed by atoms with Gasteiger partial charge in [-0.3, -0.25) is 9.59 Å². The third-order valence-corrected chi connectivity index (χ3v) is 6.61. The summed E-state index contributed by atoms with van der Waals surface area (Å²) in [6.07, 6.45) is -0.441. The van der Waals surface area contributed by atoms with E-state index in [2.05, 4.69) is 0 Å². The van der Waals surface area contributed by atoms with Gasteiger partial charge in [0.1, 0.15) is 6.61 Å². The van der Waals surface area contributed by atoms with E-state index < -0.39 is 35.9 Å². The van der Waals surface area contributed by atoms with Crippen LogP contribution in [0.1, 0.15) is 36.8 Å². The van der Waals surface area contributed by atoms with Crippen molar-refractivity contribution in [1.29, 1.82) is 0 Å². The van der Waals surface area contributed by atoms with Gasteiger partial charge in [0.25, 0.3) is 5.91 Å². The van der Waals surface area contributed by atoms with Crippen LogP contribution in [0.2, 0.25) is 0 Å². The fraction of sp³-hybridized carbons (Fsp3) is 0.400. The minimum atomic E-state index is -3.89. The SMILES string of the molecule is CC1(C(=O)O)CCCN(C(=O)C(F)(F)CNC(=O)OCC2c3ccccc3-c3ccccc32)C1. The highest BCUT2D eigenvalue weighted by Gasteiger charge is 2.47. The average molecular weight is 472 g/mol. The molecule has 7 nitrogen and oxygen atoms in total. The van der Waals surface area contributed by atoms with Gasteiger partial charge in [-0.2, -0.15) is 8.78 Å². The quantitative estimate of drug-likeness (QED) is 0.666. The smallest absolute Gasteiger partial charge is 0.407 e. The number of fused-ring (bicyclic) bond motifs is 3. The zero-order valence-corrected chi connectivity index (χ0v) is 18.7. The fourth-order valence-corrected chi connectivity index (χ4v) is 4.73. The van der Waals surface area contributed by atoms with Crippen LogP contribution in [0.25, 0.3) is 11.1 Å². The van der Waals surface area contributed by atoms with Gasteiger partial charge in [-0.25, -0.2) is 4.79 Å². The number of carbonyl (C=O) groups is 3. The number of hydrogen-bond donors (Lipinski definition) is 2. The van der Waals surface area contributed by atoms with Crippen molar-refractivity contribution in [2.75, 3.05) is 26.2 Å². The Kier molecular flexibility index (Phi) is 6.29. The highest BCUT2D eigenvalue weighted by Crippen LogP contribution is 2.44. The molecule has 0 aromatic heterocycles. The van der Waals surface area contributed by atoms with E-state index in [1.807, 2.05) is 53.8 Å². The number of hydrogen-bond acceptors (Lipinski definition) is 4. The highest BCUT2D eigenvalue weighted by molar-refractivity contribution is 5.86. The Hall–Kier alpha value is -3.49. The summed E-state index contributed by atoms with van der Waals surface area (Å²) in [6, 6.07) is 15.5. The Balaban J connectivity index is 1.34. The largest absolute Gasteiger partial charge is 0.481 e. The molecular formula is C25H26F2N2O5. The summed E-state index contributed by atoms with van der Waals surface area (Å²) in [4.78, 5) is 36.9. The van der Waals surface area contributed by atoms with E-state index in [0.717, 1.165) is 27.2 Å². The predicted molar refractivity (Wildman–Crippen MR) is 120 cm³/mol. The molecule has 180 valence electrons. The second-order valence-corrected chi connectivity index (χ2v) is 9.08. The Morgan fingerprint density at radius 3 is 2.29 bits per heavy atom. The number of nitrogens with one attached hydrogen (secondary N) is 1. The zero-order chi connectivity index (χ0) is 24.5. The first kappa shape index (κ1) is 23.7. The number of likely N-dealkylation sites (tertiary alicyclic amines) is 1. The Labute approximate surface area is 195 Å². The van der Waals surface area contributed by atoms with Gasteiger partial charge in [-0.1, -0.05) is 48.5 Å². The molecule has 2 aromatic carbocycles. The number of nitrogens with zero attached hydrogens (tertiary/aromatic N) is 1. The van der Waals surface area contributed by atoms with Crippen molar-refractivity contribution < 1.29 is 33.0 Å². The summed E-state index contributed by atoms with van der Waals surface area (Å²) in [7, 11) is 0. The summed E-state index contributed by atoms with van der Waals surface area (Å²) in [5, 5.41) is 11.3. The first-order valence-corrected chi connectivity index (χ1v) is 11.1. The number of carboxylic acids is 1. The lowest BCUT2D eigenvalue weighted by atomic mass is 9.82. The van der Waals surface area contributed by atoms with Crippen molar-refractivity contribution in [3.63, 3.8) is 0 Å². The molecule has 0 saturated carbocycles. The van der Waals surface area contributed by atoms with E-state index in [4.69, 9.17) is 4.74 Å². The lowest BCUT2D eigenvalue weighted by Gasteiger charge is -2.38. The summed E-state index contributed by atoms with van der Waals surface area (Å²) in [6.45, 7) is -0.100. The lowest BCUT2D eigenvalue weighted by molar-refractivity contribution is -0.164. The van der Waals surface area contributed by atoms with Crippen LogP contribution in [-0.4, -0.2) is 60.1 Å². The maximum atomic E-state index is 14.5. The molecule has 2 aliphatic rings. The number of amides is 2. The van der Waals surface area contributed by atoms with E-state index in [1.54, 1.807) is 0 Å². The molecule has 1 atom stereocenters. The molecule has 1 unspecified atom stereocenters. The number of aliphatic carboxylic acids is 1. The molecule has 34 heavy (non-hydrogen) atoms. The third-order valence-electron chi connectivity index (χ3n) is 6.61. The summed E-state index contributed by atoms with van der Waals surface area (Å²) < 4.78 is 34.3. The second-order valence-electron chi connectivity index (χ2n) is 9.08. The molecule has 0 radical (unpaired) electrons.